The van der Waals surface area contributed by atoms with Gasteiger partial charge in [0.1, 0.15) is 5.69 Å². The lowest BCUT2D eigenvalue weighted by atomic mass is 9.81. The number of nitrogens with zero attached hydrogens (tertiary/aromatic N) is 2. The molecule has 0 radical (unpaired) electrons. The summed E-state index contributed by atoms with van der Waals surface area (Å²) in [5.74, 6) is -1.49. The highest BCUT2D eigenvalue weighted by Gasteiger charge is 2.61. The fourth-order valence-electron chi connectivity index (χ4n) is 6.77. The standard InChI is InChI=1S/C29H31BF2N2O4/c1-3-37-28(35)26-21-16-10-8-14-19(21)24-23(18-12-6-5-7-13-18)25-20-15-9-11-17-22(20)27(29(36)38-4-2)34(25)30(31,32)33(24)26/h5-7,12-13H,3-4,8-11,14-17H2,1-2H3. The van der Waals surface area contributed by atoms with E-state index in [-0.39, 0.29) is 24.6 Å². The second-order valence-corrected chi connectivity index (χ2v) is 10.2. The number of esters is 2. The van der Waals surface area contributed by atoms with Crippen molar-refractivity contribution in [2.75, 3.05) is 13.2 Å². The Kier molecular flexibility index (Phi) is 6.12. The molecule has 0 unspecified atom stereocenters. The molecule has 0 atom stereocenters. The zero-order valence-electron chi connectivity index (χ0n) is 21.8. The molecule has 0 saturated carbocycles. The highest BCUT2D eigenvalue weighted by molar-refractivity contribution is 6.61. The summed E-state index contributed by atoms with van der Waals surface area (Å²) in [5.41, 5.74) is 4.96. The van der Waals surface area contributed by atoms with Crippen LogP contribution in [-0.4, -0.2) is 46.8 Å². The number of carbonyl (C=O) groups excluding carboxylic acids is 2. The van der Waals surface area contributed by atoms with Crippen molar-refractivity contribution in [1.29, 1.82) is 0 Å². The van der Waals surface area contributed by atoms with Gasteiger partial charge in [0.2, 0.25) is 5.71 Å². The maximum absolute atomic E-state index is 17.1. The van der Waals surface area contributed by atoms with E-state index < -0.39 is 18.9 Å². The molecular weight excluding hydrogens is 489 g/mol. The van der Waals surface area contributed by atoms with E-state index in [0.717, 1.165) is 51.3 Å². The van der Waals surface area contributed by atoms with Crippen molar-refractivity contribution in [1.82, 2.24) is 4.48 Å². The molecule has 2 aliphatic heterocycles. The van der Waals surface area contributed by atoms with Gasteiger partial charge in [-0.15, -0.1) is 0 Å². The average molecular weight is 520 g/mol. The third-order valence-corrected chi connectivity index (χ3v) is 8.14. The largest absolute Gasteiger partial charge is 0.738 e. The number of hydrogen-bond donors (Lipinski definition) is 0. The molecule has 0 saturated heterocycles. The molecule has 0 spiro atoms. The summed E-state index contributed by atoms with van der Waals surface area (Å²) in [5, 5.41) is 0. The van der Waals surface area contributed by atoms with E-state index in [1.165, 1.54) is 0 Å². The Labute approximate surface area is 220 Å². The number of ether oxygens (including phenoxy) is 2. The van der Waals surface area contributed by atoms with E-state index in [2.05, 4.69) is 0 Å². The molecule has 9 heteroatoms. The maximum atomic E-state index is 17.1. The van der Waals surface area contributed by atoms with Gasteiger partial charge in [-0.1, -0.05) is 30.3 Å². The van der Waals surface area contributed by atoms with Crippen LogP contribution >= 0.6 is 0 Å². The first-order valence-electron chi connectivity index (χ1n) is 13.7. The van der Waals surface area contributed by atoms with Crippen LogP contribution in [0.5, 0.6) is 0 Å². The van der Waals surface area contributed by atoms with Crippen LogP contribution in [-0.2, 0) is 27.1 Å². The van der Waals surface area contributed by atoms with E-state index in [0.29, 0.717) is 53.8 Å². The summed E-state index contributed by atoms with van der Waals surface area (Å²) in [4.78, 5) is 26.7. The number of fused-ring (bicyclic) bond motifs is 5. The van der Waals surface area contributed by atoms with Crippen molar-refractivity contribution in [2.45, 2.75) is 65.2 Å². The molecule has 0 bridgehead atoms. The lowest BCUT2D eigenvalue weighted by Gasteiger charge is -2.34. The number of benzene rings is 1. The molecular formula is C29H31BF2N2O4. The van der Waals surface area contributed by atoms with Gasteiger partial charge in [-0.2, -0.15) is 0 Å². The molecule has 2 aromatic rings. The molecule has 1 aromatic carbocycles. The summed E-state index contributed by atoms with van der Waals surface area (Å²) in [7, 11) is 0. The third kappa shape index (κ3) is 3.47. The number of allylic oxidation sites excluding steroid dienone is 1. The van der Waals surface area contributed by atoms with Crippen LogP contribution in [0.3, 0.4) is 0 Å². The normalized spacial score (nSPS) is 19.6. The number of rotatable bonds is 5. The average Bonchev–Trinajstić information content (AvgIpc) is 3.46. The summed E-state index contributed by atoms with van der Waals surface area (Å²) >= 11 is 0. The van der Waals surface area contributed by atoms with Gasteiger partial charge in [-0.05, 0) is 81.9 Å². The highest BCUT2D eigenvalue weighted by atomic mass is 19.2. The Hall–Kier alpha value is -3.49. The van der Waals surface area contributed by atoms with Crippen LogP contribution in [0.15, 0.2) is 47.2 Å². The molecule has 38 heavy (non-hydrogen) atoms. The Balaban J connectivity index is 1.79. The monoisotopic (exact) mass is 520 g/mol. The van der Waals surface area contributed by atoms with Gasteiger partial charge in [-0.3, -0.25) is 0 Å². The molecule has 3 heterocycles. The first-order valence-corrected chi connectivity index (χ1v) is 13.7. The van der Waals surface area contributed by atoms with Crippen molar-refractivity contribution in [3.05, 3.63) is 75.3 Å². The Morgan fingerprint density at radius 3 is 2.16 bits per heavy atom. The summed E-state index contributed by atoms with van der Waals surface area (Å²) < 4.78 is 46.8. The van der Waals surface area contributed by atoms with Gasteiger partial charge in [0, 0.05) is 16.8 Å². The van der Waals surface area contributed by atoms with E-state index in [4.69, 9.17) is 9.47 Å². The lowest BCUT2D eigenvalue weighted by molar-refractivity contribution is -0.363. The smallest absolute Gasteiger partial charge is 0.461 e. The zero-order chi connectivity index (χ0) is 26.6. The van der Waals surface area contributed by atoms with Crippen LogP contribution < -0.4 is 0 Å². The molecule has 0 fully saturated rings. The summed E-state index contributed by atoms with van der Waals surface area (Å²) in [6, 6.07) is 9.50. The first-order chi connectivity index (χ1) is 18.4. The van der Waals surface area contributed by atoms with Gasteiger partial charge in [0.25, 0.3) is 0 Å². The van der Waals surface area contributed by atoms with Crippen molar-refractivity contribution in [2.24, 2.45) is 0 Å². The second-order valence-electron chi connectivity index (χ2n) is 10.2. The van der Waals surface area contributed by atoms with E-state index in [1.54, 1.807) is 13.8 Å². The van der Waals surface area contributed by atoms with E-state index >= 15 is 8.63 Å². The minimum atomic E-state index is -4.61. The maximum Gasteiger partial charge on any atom is 0.738 e. The Morgan fingerprint density at radius 2 is 1.47 bits per heavy atom. The zero-order valence-corrected chi connectivity index (χ0v) is 21.8. The number of halogens is 2. The summed E-state index contributed by atoms with van der Waals surface area (Å²) in [6.45, 7) is -1.10. The first kappa shape index (κ1) is 24.8. The molecule has 2 aliphatic carbocycles. The SMILES string of the molecule is CCOC(=O)C1=[N+]2C(=C(c3ccccc3)c3c4c(c(C(=O)OCC)n3[B-]2(F)F)CCCC4)C2=C1CCCC2. The van der Waals surface area contributed by atoms with Crippen molar-refractivity contribution in [3.63, 3.8) is 0 Å². The topological polar surface area (TPSA) is 60.5 Å². The van der Waals surface area contributed by atoms with Crippen molar-refractivity contribution < 1.29 is 32.2 Å². The van der Waals surface area contributed by atoms with Crippen LogP contribution in [0.4, 0.5) is 8.63 Å². The van der Waals surface area contributed by atoms with Gasteiger partial charge < -0.3 is 27.1 Å². The minimum absolute atomic E-state index is 0.0814. The van der Waals surface area contributed by atoms with Crippen molar-refractivity contribution >= 4 is 30.2 Å². The molecule has 4 aliphatic rings. The number of aromatic nitrogens is 1. The molecule has 1 aromatic heterocycles. The van der Waals surface area contributed by atoms with Gasteiger partial charge >= 0.3 is 18.9 Å². The van der Waals surface area contributed by atoms with E-state index in [1.807, 2.05) is 30.3 Å². The van der Waals surface area contributed by atoms with Crippen molar-refractivity contribution in [3.8, 4) is 0 Å². The third-order valence-electron chi connectivity index (χ3n) is 8.14. The van der Waals surface area contributed by atoms with E-state index in [9.17, 15) is 9.59 Å². The summed E-state index contributed by atoms with van der Waals surface area (Å²) in [6.07, 6.45) is 5.65. The minimum Gasteiger partial charge on any atom is -0.461 e. The fourth-order valence-corrected chi connectivity index (χ4v) is 6.77. The van der Waals surface area contributed by atoms with Crippen LogP contribution in [0.25, 0.3) is 5.57 Å². The predicted molar refractivity (Wildman–Crippen MR) is 140 cm³/mol. The van der Waals surface area contributed by atoms with Crippen LogP contribution in [0, 0.1) is 0 Å². The Morgan fingerprint density at radius 1 is 0.868 bits per heavy atom. The predicted octanol–water partition coefficient (Wildman–Crippen LogP) is 5.44. The van der Waals surface area contributed by atoms with Crippen LogP contribution in [0.1, 0.15) is 85.2 Å². The molecule has 198 valence electrons. The number of carbonyl (C=O) groups is 2. The molecule has 0 N–H and O–H groups in total. The molecule has 6 nitrogen and oxygen atoms in total. The lowest BCUT2D eigenvalue weighted by Crippen LogP contribution is -2.53. The Bertz CT molecular complexity index is 1450. The van der Waals surface area contributed by atoms with Gasteiger partial charge in [-0.25, -0.2) is 9.59 Å². The fraction of sp³-hybridized carbons (Fsp3) is 0.414. The van der Waals surface area contributed by atoms with Crippen LogP contribution in [0.2, 0.25) is 0 Å². The second kappa shape index (κ2) is 9.36. The molecule has 6 rings (SSSR count). The van der Waals surface area contributed by atoms with Gasteiger partial charge in [0.15, 0.2) is 5.70 Å². The number of hydrogen-bond acceptors (Lipinski definition) is 4. The van der Waals surface area contributed by atoms with Gasteiger partial charge in [0.05, 0.1) is 18.8 Å². The quantitative estimate of drug-likeness (QED) is 0.389. The highest BCUT2D eigenvalue weighted by Crippen LogP contribution is 2.50. The molecule has 0 amide bonds.